The quantitative estimate of drug-likeness (QED) is 0.541. The van der Waals surface area contributed by atoms with Crippen molar-refractivity contribution >= 4 is 28.4 Å². The predicted octanol–water partition coefficient (Wildman–Crippen LogP) is 1.22. The number of carbonyl (C=O) groups is 2. The molecule has 2 aromatic carbocycles. The molecule has 2 amide bonds. The van der Waals surface area contributed by atoms with Crippen molar-refractivity contribution in [2.24, 2.45) is 0 Å². The van der Waals surface area contributed by atoms with E-state index in [4.69, 9.17) is 9.72 Å². The van der Waals surface area contributed by atoms with Gasteiger partial charge in [0.05, 0.1) is 22.6 Å². The monoisotopic (exact) mass is 443 g/mol. The highest BCUT2D eigenvalue weighted by molar-refractivity contribution is 6.02. The Morgan fingerprint density at radius 2 is 1.85 bits per heavy atom. The molecule has 9 heteroatoms. The molecule has 0 radical (unpaired) electrons. The van der Waals surface area contributed by atoms with E-state index in [2.05, 4.69) is 10.6 Å². The molecule has 2 bridgehead atoms. The van der Waals surface area contributed by atoms with Gasteiger partial charge in [0.15, 0.2) is 11.5 Å². The van der Waals surface area contributed by atoms with Crippen LogP contribution in [0, 0.1) is 0 Å². The van der Waals surface area contributed by atoms with E-state index in [1.54, 1.807) is 30.0 Å². The van der Waals surface area contributed by atoms with Gasteiger partial charge in [-0.2, -0.15) is 0 Å². The topological polar surface area (TPSA) is 106 Å². The summed E-state index contributed by atoms with van der Waals surface area (Å²) in [7, 11) is 0. The summed E-state index contributed by atoms with van der Waals surface area (Å²) in [4.78, 5) is 46.5. The molecule has 5 aliphatic heterocycles. The summed E-state index contributed by atoms with van der Waals surface area (Å²) < 4.78 is 8.35. The molecule has 1 spiro atoms. The molecule has 2 N–H and O–H groups in total. The Balaban J connectivity index is 1.52. The van der Waals surface area contributed by atoms with Gasteiger partial charge in [0.2, 0.25) is 11.8 Å². The summed E-state index contributed by atoms with van der Waals surface area (Å²) in [5, 5.41) is 6.81. The Morgan fingerprint density at radius 1 is 1.09 bits per heavy atom. The number of carbonyl (C=O) groups excluding carboxylic acids is 2. The molecule has 2 fully saturated rings. The number of fused-ring (bicyclic) bond motifs is 5. The molecule has 0 aliphatic carbocycles. The van der Waals surface area contributed by atoms with Gasteiger partial charge in [-0.3, -0.25) is 29.2 Å². The molecule has 5 aliphatic rings. The zero-order chi connectivity index (χ0) is 22.7. The zero-order valence-electron chi connectivity index (χ0n) is 18.0. The van der Waals surface area contributed by atoms with Crippen molar-refractivity contribution in [3.05, 3.63) is 70.3 Å². The molecular weight excluding hydrogens is 422 g/mol. The van der Waals surface area contributed by atoms with Crippen LogP contribution in [0.1, 0.15) is 37.7 Å². The fraction of sp³-hybridized carbons (Fsp3) is 0.333. The predicted molar refractivity (Wildman–Crippen MR) is 118 cm³/mol. The third-order valence-electron chi connectivity index (χ3n) is 7.43. The Labute approximate surface area is 188 Å². The molecule has 6 heterocycles. The highest BCUT2D eigenvalue weighted by Gasteiger charge is 2.65. The second-order valence-electron chi connectivity index (χ2n) is 9.38. The first-order valence-corrected chi connectivity index (χ1v) is 11.1. The number of amides is 2. The van der Waals surface area contributed by atoms with Crippen LogP contribution in [0.3, 0.4) is 0 Å². The van der Waals surface area contributed by atoms with Gasteiger partial charge in [0, 0.05) is 12.0 Å². The van der Waals surface area contributed by atoms with Gasteiger partial charge in [-0.25, -0.2) is 4.98 Å². The average Bonchev–Trinajstić information content (AvgIpc) is 3.13. The van der Waals surface area contributed by atoms with E-state index in [-0.39, 0.29) is 23.8 Å². The number of hydrogen-bond acceptors (Lipinski definition) is 6. The number of nitrogens with one attached hydrogen (secondary N) is 2. The van der Waals surface area contributed by atoms with E-state index in [1.807, 2.05) is 37.3 Å². The van der Waals surface area contributed by atoms with Crippen LogP contribution in [0.5, 0.6) is 0 Å². The molecule has 0 saturated carbocycles. The number of nitrogens with zero attached hydrogens (tertiary/aromatic N) is 3. The maximum atomic E-state index is 13.6. The van der Waals surface area contributed by atoms with E-state index in [1.165, 1.54) is 4.57 Å². The third kappa shape index (κ3) is 2.14. The van der Waals surface area contributed by atoms with Gasteiger partial charge < -0.3 is 10.1 Å². The minimum Gasteiger partial charge on any atom is -0.334 e. The first kappa shape index (κ1) is 19.0. The largest absolute Gasteiger partial charge is 0.334 e. The number of benzene rings is 2. The van der Waals surface area contributed by atoms with Crippen molar-refractivity contribution in [3.8, 4) is 0 Å². The van der Waals surface area contributed by atoms with Crippen molar-refractivity contribution in [2.75, 3.05) is 4.90 Å². The highest BCUT2D eigenvalue weighted by atomic mass is 16.5. The normalized spacial score (nSPS) is 33.8. The molecule has 1 unspecified atom stereocenters. The number of ether oxygens (including phenoxy) is 1. The van der Waals surface area contributed by atoms with Gasteiger partial charge in [-0.15, -0.1) is 0 Å². The third-order valence-corrected chi connectivity index (χ3v) is 7.43. The Kier molecular flexibility index (Phi) is 3.37. The Bertz CT molecular complexity index is 1470. The summed E-state index contributed by atoms with van der Waals surface area (Å²) in [5.74, 6) is 0.0165. The summed E-state index contributed by atoms with van der Waals surface area (Å²) in [6.07, 6.45) is -0.321. The van der Waals surface area contributed by atoms with Gasteiger partial charge in [-0.05, 0) is 32.0 Å². The standard InChI is InChI=1S/C24H21N5O4/c1-12-19(31)28-16-10-6-4-8-14(16)24(22(28)25-12)11-17-18(30)27-23(2,33-24)21-26-15-9-5-3-7-13(15)20(32)29(17)21/h3-10,12,17,22,25H,11H2,1-2H3,(H,27,30)/t12-,17?,22-,23+,24-/m0/s1. The van der Waals surface area contributed by atoms with Crippen LogP contribution in [0.25, 0.3) is 10.9 Å². The van der Waals surface area contributed by atoms with Gasteiger partial charge >= 0.3 is 0 Å². The second-order valence-corrected chi connectivity index (χ2v) is 9.38. The molecule has 33 heavy (non-hydrogen) atoms. The zero-order valence-corrected chi connectivity index (χ0v) is 18.0. The van der Waals surface area contributed by atoms with Crippen LogP contribution >= 0.6 is 0 Å². The lowest BCUT2D eigenvalue weighted by molar-refractivity contribution is -0.180. The maximum absolute atomic E-state index is 13.6. The van der Waals surface area contributed by atoms with Crippen molar-refractivity contribution in [1.82, 2.24) is 20.2 Å². The fourth-order valence-corrected chi connectivity index (χ4v) is 6.05. The summed E-state index contributed by atoms with van der Waals surface area (Å²) in [6.45, 7) is 3.55. The molecule has 1 aromatic heterocycles. The molecular formula is C24H21N5O4. The number of rotatable bonds is 0. The summed E-state index contributed by atoms with van der Waals surface area (Å²) in [6, 6.07) is 13.5. The lowest BCUT2D eigenvalue weighted by Crippen LogP contribution is -2.57. The number of hydrogen-bond donors (Lipinski definition) is 2. The lowest BCUT2D eigenvalue weighted by atomic mass is 9.86. The van der Waals surface area contributed by atoms with E-state index in [9.17, 15) is 14.4 Å². The fourth-order valence-electron chi connectivity index (χ4n) is 6.05. The Hall–Kier alpha value is -3.56. The molecule has 9 nitrogen and oxygen atoms in total. The molecule has 3 aromatic rings. The highest BCUT2D eigenvalue weighted by Crippen LogP contribution is 2.56. The minimum atomic E-state index is -1.37. The van der Waals surface area contributed by atoms with Crippen molar-refractivity contribution < 1.29 is 14.3 Å². The maximum Gasteiger partial charge on any atom is 0.262 e. The molecule has 166 valence electrons. The second kappa shape index (κ2) is 5.86. The summed E-state index contributed by atoms with van der Waals surface area (Å²) in [5.41, 5.74) is -0.563. The van der Waals surface area contributed by atoms with E-state index in [0.29, 0.717) is 16.7 Å². The van der Waals surface area contributed by atoms with E-state index >= 15 is 0 Å². The van der Waals surface area contributed by atoms with Crippen molar-refractivity contribution in [2.45, 2.75) is 49.8 Å². The molecule has 5 atom stereocenters. The smallest absolute Gasteiger partial charge is 0.262 e. The number of aromatic nitrogens is 2. The van der Waals surface area contributed by atoms with Gasteiger partial charge in [0.25, 0.3) is 5.56 Å². The van der Waals surface area contributed by atoms with E-state index < -0.39 is 29.6 Å². The van der Waals surface area contributed by atoms with Gasteiger partial charge in [0.1, 0.15) is 17.8 Å². The summed E-state index contributed by atoms with van der Waals surface area (Å²) >= 11 is 0. The van der Waals surface area contributed by atoms with E-state index in [0.717, 1.165) is 11.3 Å². The van der Waals surface area contributed by atoms with Crippen LogP contribution in [-0.4, -0.2) is 33.6 Å². The van der Waals surface area contributed by atoms with Crippen molar-refractivity contribution in [3.63, 3.8) is 0 Å². The number of anilines is 1. The average molecular weight is 443 g/mol. The minimum absolute atomic E-state index is 0.0486. The van der Waals surface area contributed by atoms with Crippen LogP contribution in [0.15, 0.2) is 53.3 Å². The van der Waals surface area contributed by atoms with Gasteiger partial charge in [-0.1, -0.05) is 30.3 Å². The molecule has 2 saturated heterocycles. The van der Waals surface area contributed by atoms with Crippen LogP contribution in [0.4, 0.5) is 5.69 Å². The first-order valence-electron chi connectivity index (χ1n) is 11.1. The number of para-hydroxylation sites is 2. The van der Waals surface area contributed by atoms with Crippen LogP contribution in [0.2, 0.25) is 0 Å². The van der Waals surface area contributed by atoms with Crippen LogP contribution < -0.4 is 21.1 Å². The van der Waals surface area contributed by atoms with Crippen molar-refractivity contribution in [1.29, 1.82) is 0 Å². The Morgan fingerprint density at radius 3 is 2.70 bits per heavy atom. The first-order chi connectivity index (χ1) is 15.8. The SMILES string of the molecule is C[C@@H]1N[C@H]2N(C1=O)c1ccccc1[C@@]21CC2C(=O)N[C@](C)(O1)c1nc3ccccc3c(=O)n12. The lowest BCUT2D eigenvalue weighted by Gasteiger charge is -2.40. The molecule has 8 rings (SSSR count). The van der Waals surface area contributed by atoms with Crippen LogP contribution in [-0.2, 0) is 25.7 Å².